The van der Waals surface area contributed by atoms with Crippen molar-refractivity contribution in [1.29, 1.82) is 0 Å². The predicted octanol–water partition coefficient (Wildman–Crippen LogP) is 3.42. The number of benzene rings is 1. The van der Waals surface area contributed by atoms with Crippen molar-refractivity contribution in [2.75, 3.05) is 32.8 Å². The summed E-state index contributed by atoms with van der Waals surface area (Å²) < 4.78 is 6.58. The Balaban J connectivity index is 1.35. The molecule has 1 atom stereocenters. The van der Waals surface area contributed by atoms with Crippen molar-refractivity contribution in [3.8, 4) is 0 Å². The third kappa shape index (κ3) is 3.88. The second-order valence-electron chi connectivity index (χ2n) is 6.76. The van der Waals surface area contributed by atoms with Crippen LogP contribution in [0.25, 0.3) is 16.2 Å². The van der Waals surface area contributed by atoms with Gasteiger partial charge in [-0.25, -0.2) is 0 Å². The molecule has 0 spiro atoms. The van der Waals surface area contributed by atoms with Crippen molar-refractivity contribution in [1.82, 2.24) is 9.80 Å². The minimum absolute atomic E-state index is 0.0484. The molecule has 5 nitrogen and oxygen atoms in total. The van der Waals surface area contributed by atoms with Crippen LogP contribution in [0.5, 0.6) is 0 Å². The summed E-state index contributed by atoms with van der Waals surface area (Å²) in [5.41, 5.74) is 0. The summed E-state index contributed by atoms with van der Waals surface area (Å²) in [5, 5.41) is 1.70. The molecule has 0 saturated carbocycles. The van der Waals surface area contributed by atoms with Crippen LogP contribution in [0.15, 0.2) is 30.3 Å². The van der Waals surface area contributed by atoms with Crippen LogP contribution in [-0.4, -0.2) is 60.5 Å². The van der Waals surface area contributed by atoms with E-state index in [9.17, 15) is 9.59 Å². The SMILES string of the molecule is O=C(C=Cc1sc2ccccc2c1Cl)N1CCN(C(=O)C2CCCO2)CC1. The molecule has 2 aliphatic rings. The molecule has 0 aliphatic carbocycles. The van der Waals surface area contributed by atoms with E-state index in [2.05, 4.69) is 0 Å². The van der Waals surface area contributed by atoms with Gasteiger partial charge in [-0.2, -0.15) is 0 Å². The molecule has 4 rings (SSSR count). The van der Waals surface area contributed by atoms with Gasteiger partial charge in [-0.15, -0.1) is 11.3 Å². The van der Waals surface area contributed by atoms with Gasteiger partial charge in [-0.3, -0.25) is 9.59 Å². The number of amides is 2. The van der Waals surface area contributed by atoms with Gasteiger partial charge in [-0.05, 0) is 25.0 Å². The minimum atomic E-state index is -0.290. The molecule has 2 amide bonds. The van der Waals surface area contributed by atoms with Crippen molar-refractivity contribution in [3.63, 3.8) is 0 Å². The Bertz CT molecular complexity index is 880. The molecular formula is C20H21ClN2O3S. The first-order valence-electron chi connectivity index (χ1n) is 9.18. The fourth-order valence-electron chi connectivity index (χ4n) is 3.52. The van der Waals surface area contributed by atoms with Gasteiger partial charge in [-0.1, -0.05) is 29.8 Å². The lowest BCUT2D eigenvalue weighted by atomic mass is 10.2. The van der Waals surface area contributed by atoms with Gasteiger partial charge in [0.15, 0.2) is 0 Å². The lowest BCUT2D eigenvalue weighted by molar-refractivity contribution is -0.144. The summed E-state index contributed by atoms with van der Waals surface area (Å²) in [6.07, 6.45) is 4.83. The van der Waals surface area contributed by atoms with Crippen molar-refractivity contribution in [2.45, 2.75) is 18.9 Å². The molecule has 27 heavy (non-hydrogen) atoms. The molecule has 2 fully saturated rings. The summed E-state index contributed by atoms with van der Waals surface area (Å²) in [5.74, 6) is 0.0138. The minimum Gasteiger partial charge on any atom is -0.368 e. The molecule has 0 N–H and O–H groups in total. The van der Waals surface area contributed by atoms with Crippen LogP contribution in [-0.2, 0) is 14.3 Å². The molecule has 2 saturated heterocycles. The van der Waals surface area contributed by atoms with E-state index in [0.717, 1.165) is 27.8 Å². The normalized spacial score (nSPS) is 20.7. The number of carbonyl (C=O) groups is 2. The molecule has 7 heteroatoms. The summed E-state index contributed by atoms with van der Waals surface area (Å²) >= 11 is 8.00. The highest BCUT2D eigenvalue weighted by Gasteiger charge is 2.30. The number of hydrogen-bond donors (Lipinski definition) is 0. The Labute approximate surface area is 167 Å². The maximum absolute atomic E-state index is 12.5. The number of rotatable bonds is 3. The third-order valence-electron chi connectivity index (χ3n) is 5.05. The van der Waals surface area contributed by atoms with Crippen LogP contribution in [0.4, 0.5) is 0 Å². The Morgan fingerprint density at radius 2 is 1.89 bits per heavy atom. The fraction of sp³-hybridized carbons (Fsp3) is 0.400. The fourth-order valence-corrected chi connectivity index (χ4v) is 4.91. The molecule has 1 aromatic heterocycles. The molecular weight excluding hydrogens is 384 g/mol. The van der Waals surface area contributed by atoms with E-state index in [1.54, 1.807) is 28.4 Å². The Hall–Kier alpha value is -1.89. The molecule has 2 aliphatic heterocycles. The van der Waals surface area contributed by atoms with Crippen LogP contribution >= 0.6 is 22.9 Å². The summed E-state index contributed by atoms with van der Waals surface area (Å²) in [6.45, 7) is 2.87. The molecule has 0 bridgehead atoms. The van der Waals surface area contributed by atoms with E-state index in [-0.39, 0.29) is 17.9 Å². The van der Waals surface area contributed by atoms with Gasteiger partial charge in [0, 0.05) is 53.8 Å². The lowest BCUT2D eigenvalue weighted by Gasteiger charge is -2.35. The van der Waals surface area contributed by atoms with Crippen molar-refractivity contribution >= 4 is 50.9 Å². The maximum Gasteiger partial charge on any atom is 0.251 e. The molecule has 1 unspecified atom stereocenters. The summed E-state index contributed by atoms with van der Waals surface area (Å²) in [6, 6.07) is 7.94. The summed E-state index contributed by atoms with van der Waals surface area (Å²) in [7, 11) is 0. The monoisotopic (exact) mass is 404 g/mol. The molecule has 142 valence electrons. The van der Waals surface area contributed by atoms with Crippen molar-refractivity contribution in [3.05, 3.63) is 40.2 Å². The average Bonchev–Trinajstić information content (AvgIpc) is 3.35. The summed E-state index contributed by atoms with van der Waals surface area (Å²) in [4.78, 5) is 29.4. The predicted molar refractivity (Wildman–Crippen MR) is 108 cm³/mol. The molecule has 1 aromatic carbocycles. The van der Waals surface area contributed by atoms with Gasteiger partial charge in [0.1, 0.15) is 6.10 Å². The van der Waals surface area contributed by atoms with E-state index in [4.69, 9.17) is 16.3 Å². The van der Waals surface area contributed by atoms with Crippen molar-refractivity contribution in [2.24, 2.45) is 0 Å². The van der Waals surface area contributed by atoms with Gasteiger partial charge >= 0.3 is 0 Å². The molecule has 2 aromatic rings. The Morgan fingerprint density at radius 1 is 1.15 bits per heavy atom. The van der Waals surface area contributed by atoms with Gasteiger partial charge in [0.05, 0.1) is 5.02 Å². The zero-order valence-electron chi connectivity index (χ0n) is 14.9. The van der Waals surface area contributed by atoms with E-state index in [1.165, 1.54) is 0 Å². The second kappa shape index (κ2) is 8.00. The smallest absolute Gasteiger partial charge is 0.251 e. The third-order valence-corrected chi connectivity index (χ3v) is 6.70. The van der Waals surface area contributed by atoms with E-state index in [0.29, 0.717) is 37.8 Å². The van der Waals surface area contributed by atoms with Gasteiger partial charge in [0.2, 0.25) is 5.91 Å². The number of nitrogens with zero attached hydrogens (tertiary/aromatic N) is 2. The lowest BCUT2D eigenvalue weighted by Crippen LogP contribution is -2.52. The zero-order chi connectivity index (χ0) is 18.8. The Morgan fingerprint density at radius 3 is 2.59 bits per heavy atom. The number of piperazine rings is 1. The standard InChI is InChI=1S/C20H21ClN2O3S/c21-19-14-4-1-2-6-16(14)27-17(19)7-8-18(24)22-9-11-23(12-10-22)20(25)15-5-3-13-26-15/h1-2,4,6-8,15H,3,5,9-13H2. The average molecular weight is 405 g/mol. The quantitative estimate of drug-likeness (QED) is 0.736. The first kappa shape index (κ1) is 18.5. The number of ether oxygens (including phenoxy) is 1. The van der Waals surface area contributed by atoms with Crippen LogP contribution in [0.1, 0.15) is 17.7 Å². The van der Waals surface area contributed by atoms with Gasteiger partial charge < -0.3 is 14.5 Å². The number of halogens is 1. The number of carbonyl (C=O) groups excluding carboxylic acids is 2. The highest BCUT2D eigenvalue weighted by Crippen LogP contribution is 2.35. The zero-order valence-corrected chi connectivity index (χ0v) is 16.5. The number of fused-ring (bicyclic) bond motifs is 1. The Kier molecular flexibility index (Phi) is 5.48. The maximum atomic E-state index is 12.5. The number of thiophene rings is 1. The largest absolute Gasteiger partial charge is 0.368 e. The first-order valence-corrected chi connectivity index (χ1v) is 10.4. The highest BCUT2D eigenvalue weighted by molar-refractivity contribution is 7.20. The van der Waals surface area contributed by atoms with Crippen molar-refractivity contribution < 1.29 is 14.3 Å². The van der Waals surface area contributed by atoms with Gasteiger partial charge in [0.25, 0.3) is 5.91 Å². The van der Waals surface area contributed by atoms with Crippen LogP contribution in [0.3, 0.4) is 0 Å². The topological polar surface area (TPSA) is 49.9 Å². The van der Waals surface area contributed by atoms with E-state index < -0.39 is 0 Å². The van der Waals surface area contributed by atoms with Crippen LogP contribution in [0, 0.1) is 0 Å². The highest BCUT2D eigenvalue weighted by atomic mass is 35.5. The van der Waals surface area contributed by atoms with E-state index >= 15 is 0 Å². The van der Waals surface area contributed by atoms with Crippen LogP contribution < -0.4 is 0 Å². The first-order chi connectivity index (χ1) is 13.1. The van der Waals surface area contributed by atoms with Crippen LogP contribution in [0.2, 0.25) is 5.02 Å². The van der Waals surface area contributed by atoms with E-state index in [1.807, 2.05) is 29.2 Å². The second-order valence-corrected chi connectivity index (χ2v) is 8.22. The molecule has 0 radical (unpaired) electrons. The number of hydrogen-bond acceptors (Lipinski definition) is 4. The molecule has 3 heterocycles.